The van der Waals surface area contributed by atoms with Crippen LogP contribution in [0.25, 0.3) is 0 Å². The van der Waals surface area contributed by atoms with Crippen LogP contribution in [0.3, 0.4) is 0 Å². The lowest BCUT2D eigenvalue weighted by Crippen LogP contribution is -2.27. The van der Waals surface area contributed by atoms with Gasteiger partial charge in [-0.1, -0.05) is 0 Å². The lowest BCUT2D eigenvalue weighted by molar-refractivity contribution is 0.483. The van der Waals surface area contributed by atoms with Crippen LogP contribution >= 0.6 is 0 Å². The van der Waals surface area contributed by atoms with E-state index in [1.54, 1.807) is 0 Å². The van der Waals surface area contributed by atoms with Crippen LogP contribution in [-0.2, 0) is 0 Å². The SMILES string of the molecule is C[C@@H](N)[C@H]1CC[N]C1. The molecule has 1 rings (SSSR count). The zero-order valence-corrected chi connectivity index (χ0v) is 5.30. The molecule has 0 aromatic rings. The molecule has 2 heteroatoms. The first-order chi connectivity index (χ1) is 3.80. The Morgan fingerprint density at radius 2 is 2.50 bits per heavy atom. The largest absolute Gasteiger partial charge is 0.328 e. The molecule has 1 saturated heterocycles. The molecular weight excluding hydrogens is 100 g/mol. The normalized spacial score (nSPS) is 33.0. The minimum atomic E-state index is 0.348. The van der Waals surface area contributed by atoms with Gasteiger partial charge in [0.15, 0.2) is 0 Å². The number of nitrogens with zero attached hydrogens (tertiary/aromatic N) is 1. The monoisotopic (exact) mass is 113 g/mol. The molecule has 2 nitrogen and oxygen atoms in total. The van der Waals surface area contributed by atoms with Crippen molar-refractivity contribution in [1.29, 1.82) is 0 Å². The van der Waals surface area contributed by atoms with Crippen molar-refractivity contribution >= 4 is 0 Å². The topological polar surface area (TPSA) is 40.1 Å². The highest BCUT2D eigenvalue weighted by Gasteiger charge is 2.18. The molecule has 47 valence electrons. The van der Waals surface area contributed by atoms with Gasteiger partial charge in [-0.15, -0.1) is 0 Å². The Morgan fingerprint density at radius 1 is 1.75 bits per heavy atom. The van der Waals surface area contributed by atoms with Gasteiger partial charge in [-0.3, -0.25) is 0 Å². The number of nitrogens with two attached hydrogens (primary N) is 1. The van der Waals surface area contributed by atoms with Crippen LogP contribution in [0.1, 0.15) is 13.3 Å². The first-order valence-electron chi connectivity index (χ1n) is 3.19. The third-order valence-electron chi connectivity index (χ3n) is 1.77. The molecule has 8 heavy (non-hydrogen) atoms. The molecule has 0 unspecified atom stereocenters. The van der Waals surface area contributed by atoms with E-state index in [0.717, 1.165) is 13.1 Å². The summed E-state index contributed by atoms with van der Waals surface area (Å²) in [5, 5.41) is 4.21. The van der Waals surface area contributed by atoms with Crippen LogP contribution in [0.2, 0.25) is 0 Å². The van der Waals surface area contributed by atoms with Gasteiger partial charge >= 0.3 is 0 Å². The van der Waals surface area contributed by atoms with Crippen molar-refractivity contribution in [3.8, 4) is 0 Å². The van der Waals surface area contributed by atoms with Crippen LogP contribution in [0.5, 0.6) is 0 Å². The first kappa shape index (κ1) is 6.05. The zero-order valence-electron chi connectivity index (χ0n) is 5.30. The Morgan fingerprint density at radius 3 is 2.75 bits per heavy atom. The third kappa shape index (κ3) is 1.20. The summed E-state index contributed by atoms with van der Waals surface area (Å²) in [4.78, 5) is 0. The highest BCUT2D eigenvalue weighted by Crippen LogP contribution is 2.10. The van der Waals surface area contributed by atoms with Gasteiger partial charge in [-0.05, 0) is 19.3 Å². The summed E-state index contributed by atoms with van der Waals surface area (Å²) in [7, 11) is 0. The summed E-state index contributed by atoms with van der Waals surface area (Å²) < 4.78 is 0. The van der Waals surface area contributed by atoms with Crippen molar-refractivity contribution in [2.45, 2.75) is 19.4 Å². The second-order valence-electron chi connectivity index (χ2n) is 2.54. The van der Waals surface area contributed by atoms with Gasteiger partial charge in [0.2, 0.25) is 0 Å². The minimum absolute atomic E-state index is 0.348. The second-order valence-corrected chi connectivity index (χ2v) is 2.54. The zero-order chi connectivity index (χ0) is 5.98. The molecule has 0 bridgehead atoms. The highest BCUT2D eigenvalue weighted by molar-refractivity contribution is 4.76. The van der Waals surface area contributed by atoms with Gasteiger partial charge in [0.05, 0.1) is 0 Å². The molecule has 1 radical (unpaired) electrons. The Bertz CT molecular complexity index is 64.9. The van der Waals surface area contributed by atoms with E-state index < -0.39 is 0 Å². The molecule has 1 aliphatic rings. The van der Waals surface area contributed by atoms with Crippen LogP contribution in [-0.4, -0.2) is 19.1 Å². The van der Waals surface area contributed by atoms with Gasteiger partial charge in [0.1, 0.15) is 0 Å². The first-order valence-corrected chi connectivity index (χ1v) is 3.19. The van der Waals surface area contributed by atoms with E-state index in [-0.39, 0.29) is 0 Å². The van der Waals surface area contributed by atoms with Crippen LogP contribution < -0.4 is 11.1 Å². The Kier molecular flexibility index (Phi) is 1.86. The molecule has 1 fully saturated rings. The lowest BCUT2D eigenvalue weighted by Gasteiger charge is -2.10. The molecule has 0 amide bonds. The van der Waals surface area contributed by atoms with Crippen molar-refractivity contribution in [2.24, 2.45) is 11.7 Å². The van der Waals surface area contributed by atoms with Crippen molar-refractivity contribution in [3.63, 3.8) is 0 Å². The predicted molar refractivity (Wildman–Crippen MR) is 33.6 cm³/mol. The van der Waals surface area contributed by atoms with Gasteiger partial charge in [0, 0.05) is 19.1 Å². The summed E-state index contributed by atoms with van der Waals surface area (Å²) in [6, 6.07) is 0.348. The molecule has 0 aromatic carbocycles. The molecule has 1 heterocycles. The molecular formula is C6H13N2. The maximum Gasteiger partial charge on any atom is 0.0176 e. The fourth-order valence-electron chi connectivity index (χ4n) is 1.03. The molecule has 0 saturated carbocycles. The summed E-state index contributed by atoms with van der Waals surface area (Å²) in [6.45, 7) is 4.09. The van der Waals surface area contributed by atoms with E-state index in [1.807, 2.05) is 0 Å². The summed E-state index contributed by atoms with van der Waals surface area (Å²) in [5.41, 5.74) is 5.64. The van der Waals surface area contributed by atoms with Gasteiger partial charge in [0.25, 0.3) is 0 Å². The number of rotatable bonds is 1. The average molecular weight is 113 g/mol. The summed E-state index contributed by atoms with van der Waals surface area (Å²) >= 11 is 0. The van der Waals surface area contributed by atoms with E-state index in [9.17, 15) is 0 Å². The van der Waals surface area contributed by atoms with Gasteiger partial charge in [-0.2, -0.15) is 0 Å². The maximum absolute atomic E-state index is 5.64. The van der Waals surface area contributed by atoms with Crippen LogP contribution in [0, 0.1) is 5.92 Å². The molecule has 1 aliphatic heterocycles. The predicted octanol–water partition coefficient (Wildman–Crippen LogP) is -0.0421. The van der Waals surface area contributed by atoms with E-state index in [4.69, 9.17) is 5.73 Å². The fraction of sp³-hybridized carbons (Fsp3) is 1.00. The second kappa shape index (κ2) is 2.46. The minimum Gasteiger partial charge on any atom is -0.328 e. The van der Waals surface area contributed by atoms with Crippen LogP contribution in [0.15, 0.2) is 0 Å². The Balaban J connectivity index is 2.24. The molecule has 0 aromatic heterocycles. The van der Waals surface area contributed by atoms with Crippen molar-refractivity contribution in [1.82, 2.24) is 5.32 Å². The van der Waals surface area contributed by atoms with Gasteiger partial charge < -0.3 is 5.73 Å². The maximum atomic E-state index is 5.64. The van der Waals surface area contributed by atoms with Gasteiger partial charge in [-0.25, -0.2) is 5.32 Å². The van der Waals surface area contributed by atoms with Crippen LogP contribution in [0.4, 0.5) is 0 Å². The van der Waals surface area contributed by atoms with E-state index in [2.05, 4.69) is 12.2 Å². The Labute approximate surface area is 50.4 Å². The molecule has 2 N–H and O–H groups in total. The third-order valence-corrected chi connectivity index (χ3v) is 1.77. The van der Waals surface area contributed by atoms with Crippen molar-refractivity contribution in [3.05, 3.63) is 0 Å². The Hall–Kier alpha value is -0.0800. The summed E-state index contributed by atoms with van der Waals surface area (Å²) in [6.07, 6.45) is 1.21. The standard InChI is InChI=1S/C6H13N2/c1-5(7)6-2-3-8-4-6/h5-6H,2-4,7H2,1H3/t5-,6+/m1/s1. The number of hydrogen-bond donors (Lipinski definition) is 1. The quantitative estimate of drug-likeness (QED) is 0.509. The van der Waals surface area contributed by atoms with E-state index in [0.29, 0.717) is 12.0 Å². The molecule has 0 spiro atoms. The van der Waals surface area contributed by atoms with E-state index in [1.165, 1.54) is 6.42 Å². The van der Waals surface area contributed by atoms with Crippen molar-refractivity contribution in [2.75, 3.05) is 13.1 Å². The lowest BCUT2D eigenvalue weighted by atomic mass is 10.0. The van der Waals surface area contributed by atoms with E-state index >= 15 is 0 Å². The average Bonchev–Trinajstić information content (AvgIpc) is 2.12. The highest BCUT2D eigenvalue weighted by atomic mass is 14.9. The fourth-order valence-corrected chi connectivity index (χ4v) is 1.03. The molecule has 2 atom stereocenters. The smallest absolute Gasteiger partial charge is 0.0176 e. The summed E-state index contributed by atoms with van der Waals surface area (Å²) in [5.74, 6) is 0.676. The number of hydrogen-bond acceptors (Lipinski definition) is 1. The molecule has 0 aliphatic carbocycles. The van der Waals surface area contributed by atoms with Crippen molar-refractivity contribution < 1.29 is 0 Å².